The SMILES string of the molecule is O=C1NCCCC1NC(=O)C1CN(S(=O)(=O)c2ccc(F)cc2)CCN1C(=O)c1cnccn1. The van der Waals surface area contributed by atoms with Gasteiger partial charge in [-0.1, -0.05) is 0 Å². The lowest BCUT2D eigenvalue weighted by molar-refractivity contribution is -0.133. The summed E-state index contributed by atoms with van der Waals surface area (Å²) < 4.78 is 40.6. The third kappa shape index (κ3) is 4.89. The van der Waals surface area contributed by atoms with Crippen molar-refractivity contribution in [1.82, 2.24) is 29.8 Å². The molecule has 2 atom stereocenters. The van der Waals surface area contributed by atoms with Crippen LogP contribution < -0.4 is 10.6 Å². The Balaban J connectivity index is 1.60. The molecule has 3 heterocycles. The summed E-state index contributed by atoms with van der Waals surface area (Å²) in [5.41, 5.74) is 0.00514. The molecule has 1 aromatic carbocycles. The normalized spacial score (nSPS) is 21.6. The second-order valence-corrected chi connectivity index (χ2v) is 9.85. The van der Waals surface area contributed by atoms with Crippen LogP contribution in [-0.2, 0) is 19.6 Å². The van der Waals surface area contributed by atoms with E-state index in [9.17, 15) is 27.2 Å². The fraction of sp³-hybridized carbons (Fsp3) is 0.381. The maximum absolute atomic E-state index is 13.3. The highest BCUT2D eigenvalue weighted by Crippen LogP contribution is 2.22. The molecule has 1 aromatic heterocycles. The number of halogens is 1. The molecule has 0 aliphatic carbocycles. The van der Waals surface area contributed by atoms with Gasteiger partial charge >= 0.3 is 0 Å². The van der Waals surface area contributed by atoms with Crippen LogP contribution in [0.5, 0.6) is 0 Å². The number of hydrogen-bond acceptors (Lipinski definition) is 7. The van der Waals surface area contributed by atoms with Gasteiger partial charge in [-0.25, -0.2) is 17.8 Å². The number of nitrogens with one attached hydrogen (secondary N) is 2. The quantitative estimate of drug-likeness (QED) is 0.577. The van der Waals surface area contributed by atoms with E-state index in [1.807, 2.05) is 0 Å². The minimum Gasteiger partial charge on any atom is -0.354 e. The molecule has 2 N–H and O–H groups in total. The van der Waals surface area contributed by atoms with Crippen molar-refractivity contribution >= 4 is 27.7 Å². The molecule has 0 saturated carbocycles. The van der Waals surface area contributed by atoms with Gasteiger partial charge in [0.2, 0.25) is 21.8 Å². The standard InChI is InChI=1S/C21H23FN6O5S/c22-14-3-5-15(6-4-14)34(32,33)27-10-11-28(21(31)17-12-23-8-9-24-17)18(13-27)20(30)26-16-2-1-7-25-19(16)29/h3-6,8-9,12,16,18H,1-2,7,10-11,13H2,(H,25,29)(H,26,30). The summed E-state index contributed by atoms with van der Waals surface area (Å²) in [6, 6.07) is 2.36. The second-order valence-electron chi connectivity index (χ2n) is 7.92. The summed E-state index contributed by atoms with van der Waals surface area (Å²) >= 11 is 0. The van der Waals surface area contributed by atoms with E-state index in [1.165, 1.54) is 23.5 Å². The van der Waals surface area contributed by atoms with Crippen LogP contribution in [0.3, 0.4) is 0 Å². The van der Waals surface area contributed by atoms with Gasteiger partial charge in [-0.05, 0) is 37.1 Å². The highest BCUT2D eigenvalue weighted by Gasteiger charge is 2.41. The van der Waals surface area contributed by atoms with Crippen molar-refractivity contribution in [2.75, 3.05) is 26.2 Å². The molecule has 0 radical (unpaired) electrons. The number of carbonyl (C=O) groups is 3. The van der Waals surface area contributed by atoms with Crippen LogP contribution in [0.25, 0.3) is 0 Å². The lowest BCUT2D eigenvalue weighted by Gasteiger charge is -2.40. The van der Waals surface area contributed by atoms with E-state index >= 15 is 0 Å². The van der Waals surface area contributed by atoms with Gasteiger partial charge in [-0.2, -0.15) is 4.31 Å². The smallest absolute Gasteiger partial charge is 0.274 e. The van der Waals surface area contributed by atoms with Crippen molar-refractivity contribution in [3.05, 3.63) is 54.4 Å². The number of piperazine rings is 1. The van der Waals surface area contributed by atoms with Crippen LogP contribution >= 0.6 is 0 Å². The van der Waals surface area contributed by atoms with Crippen molar-refractivity contribution < 1.29 is 27.2 Å². The minimum absolute atomic E-state index is 0.00514. The maximum atomic E-state index is 13.3. The second kappa shape index (κ2) is 9.81. The Hall–Kier alpha value is -3.45. The van der Waals surface area contributed by atoms with Gasteiger partial charge in [0, 0.05) is 38.6 Å². The van der Waals surface area contributed by atoms with Crippen molar-refractivity contribution in [1.29, 1.82) is 0 Å². The molecular weight excluding hydrogens is 467 g/mol. The van der Waals surface area contributed by atoms with Crippen LogP contribution in [0.4, 0.5) is 4.39 Å². The van der Waals surface area contributed by atoms with Crippen molar-refractivity contribution in [3.8, 4) is 0 Å². The number of aromatic nitrogens is 2. The number of benzene rings is 1. The Morgan fingerprint density at radius 2 is 1.91 bits per heavy atom. The van der Waals surface area contributed by atoms with Gasteiger partial charge in [-0.3, -0.25) is 19.4 Å². The topological polar surface area (TPSA) is 142 Å². The van der Waals surface area contributed by atoms with Crippen molar-refractivity contribution in [3.63, 3.8) is 0 Å². The molecular formula is C21H23FN6O5S. The van der Waals surface area contributed by atoms with Gasteiger partial charge in [0.1, 0.15) is 23.6 Å². The Morgan fingerprint density at radius 1 is 1.15 bits per heavy atom. The molecule has 2 unspecified atom stereocenters. The summed E-state index contributed by atoms with van der Waals surface area (Å²) in [5, 5.41) is 5.31. The fourth-order valence-corrected chi connectivity index (χ4v) is 5.37. The molecule has 2 fully saturated rings. The monoisotopic (exact) mass is 490 g/mol. The third-order valence-electron chi connectivity index (χ3n) is 5.74. The van der Waals surface area contributed by atoms with Gasteiger partial charge in [0.25, 0.3) is 5.91 Å². The van der Waals surface area contributed by atoms with E-state index < -0.39 is 39.7 Å². The number of nitrogens with zero attached hydrogens (tertiary/aromatic N) is 4. The Labute approximate surface area is 195 Å². The zero-order valence-electron chi connectivity index (χ0n) is 18.1. The number of piperidine rings is 1. The molecule has 2 aliphatic rings. The predicted molar refractivity (Wildman–Crippen MR) is 116 cm³/mol. The first-order valence-corrected chi connectivity index (χ1v) is 12.1. The molecule has 2 aromatic rings. The number of rotatable bonds is 5. The van der Waals surface area contributed by atoms with Crippen LogP contribution in [0.2, 0.25) is 0 Å². The predicted octanol–water partition coefficient (Wildman–Crippen LogP) is -0.474. The summed E-state index contributed by atoms with van der Waals surface area (Å²) in [6.45, 7) is -0.00825. The fourth-order valence-electron chi connectivity index (χ4n) is 3.93. The largest absolute Gasteiger partial charge is 0.354 e. The highest BCUT2D eigenvalue weighted by molar-refractivity contribution is 7.89. The molecule has 2 saturated heterocycles. The number of hydrogen-bond donors (Lipinski definition) is 2. The van der Waals surface area contributed by atoms with E-state index in [2.05, 4.69) is 20.6 Å². The van der Waals surface area contributed by atoms with Gasteiger partial charge in [0.05, 0.1) is 11.1 Å². The summed E-state index contributed by atoms with van der Waals surface area (Å²) in [7, 11) is -4.06. The van der Waals surface area contributed by atoms with Gasteiger partial charge in [-0.15, -0.1) is 0 Å². The summed E-state index contributed by atoms with van der Waals surface area (Å²) in [6.07, 6.45) is 5.10. The number of amides is 3. The molecule has 2 aliphatic heterocycles. The number of carbonyl (C=O) groups excluding carboxylic acids is 3. The Morgan fingerprint density at radius 3 is 2.59 bits per heavy atom. The molecule has 13 heteroatoms. The lowest BCUT2D eigenvalue weighted by Crippen LogP contribution is -2.63. The lowest BCUT2D eigenvalue weighted by atomic mass is 10.1. The first-order chi connectivity index (χ1) is 16.3. The van der Waals surface area contributed by atoms with Crippen LogP contribution in [0.15, 0.2) is 47.8 Å². The molecule has 180 valence electrons. The van der Waals surface area contributed by atoms with Crippen molar-refractivity contribution in [2.24, 2.45) is 0 Å². The van der Waals surface area contributed by atoms with Crippen LogP contribution in [0.1, 0.15) is 23.3 Å². The van der Waals surface area contributed by atoms with Crippen LogP contribution in [0, 0.1) is 5.82 Å². The number of sulfonamides is 1. The highest BCUT2D eigenvalue weighted by atomic mass is 32.2. The molecule has 34 heavy (non-hydrogen) atoms. The first-order valence-electron chi connectivity index (χ1n) is 10.7. The van der Waals surface area contributed by atoms with Gasteiger partial charge in [0.15, 0.2) is 0 Å². The molecule has 0 bridgehead atoms. The van der Waals surface area contributed by atoms with E-state index in [1.54, 1.807) is 0 Å². The van der Waals surface area contributed by atoms with E-state index in [0.29, 0.717) is 19.4 Å². The first kappa shape index (κ1) is 23.7. The zero-order chi connectivity index (χ0) is 24.3. The Kier molecular flexibility index (Phi) is 6.84. The molecule has 4 rings (SSSR count). The minimum atomic E-state index is -4.06. The van der Waals surface area contributed by atoms with E-state index in [4.69, 9.17) is 0 Å². The summed E-state index contributed by atoms with van der Waals surface area (Å²) in [4.78, 5) is 47.4. The zero-order valence-corrected chi connectivity index (χ0v) is 18.9. The Bertz CT molecular complexity index is 1180. The molecule has 0 spiro atoms. The maximum Gasteiger partial charge on any atom is 0.274 e. The van der Waals surface area contributed by atoms with E-state index in [0.717, 1.165) is 28.6 Å². The summed E-state index contributed by atoms with van der Waals surface area (Å²) in [5.74, 6) is -2.15. The average molecular weight is 491 g/mol. The molecule has 11 nitrogen and oxygen atoms in total. The third-order valence-corrected chi connectivity index (χ3v) is 7.62. The van der Waals surface area contributed by atoms with E-state index in [-0.39, 0.29) is 36.1 Å². The molecule has 3 amide bonds. The average Bonchev–Trinajstić information content (AvgIpc) is 2.85. The van der Waals surface area contributed by atoms with Crippen LogP contribution in [-0.4, -0.2) is 83.6 Å². The van der Waals surface area contributed by atoms with Crippen molar-refractivity contribution in [2.45, 2.75) is 29.8 Å². The van der Waals surface area contributed by atoms with Gasteiger partial charge < -0.3 is 15.5 Å².